The zero-order valence-electron chi connectivity index (χ0n) is 14.6. The van der Waals surface area contributed by atoms with Crippen molar-refractivity contribution < 1.29 is 19.1 Å². The predicted molar refractivity (Wildman–Crippen MR) is 96.8 cm³/mol. The van der Waals surface area contributed by atoms with Crippen LogP contribution in [0.2, 0.25) is 5.02 Å². The van der Waals surface area contributed by atoms with E-state index in [1.165, 1.54) is 0 Å². The van der Waals surface area contributed by atoms with E-state index in [1.807, 2.05) is 6.07 Å². The Morgan fingerprint density at radius 2 is 2.08 bits per heavy atom. The van der Waals surface area contributed by atoms with Crippen LogP contribution in [-0.4, -0.2) is 56.4 Å². The third kappa shape index (κ3) is 4.17. The molecule has 2 N–H and O–H groups in total. The van der Waals surface area contributed by atoms with Crippen molar-refractivity contribution in [2.75, 3.05) is 39.5 Å². The average Bonchev–Trinajstić information content (AvgIpc) is 2.62. The quantitative estimate of drug-likeness (QED) is 0.763. The Morgan fingerprint density at radius 1 is 1.35 bits per heavy atom. The highest BCUT2D eigenvalue weighted by molar-refractivity contribution is 6.31. The van der Waals surface area contributed by atoms with Gasteiger partial charge < -0.3 is 20.1 Å². The summed E-state index contributed by atoms with van der Waals surface area (Å²) in [5, 5.41) is 6.05. The number of urea groups is 1. The number of carbonyl (C=O) groups is 2. The molecule has 0 unspecified atom stereocenters. The van der Waals surface area contributed by atoms with Gasteiger partial charge in [-0.1, -0.05) is 29.8 Å². The van der Waals surface area contributed by atoms with Gasteiger partial charge in [0.05, 0.1) is 31.4 Å². The smallest absolute Gasteiger partial charge is 0.338 e. The van der Waals surface area contributed by atoms with Crippen LogP contribution in [0.5, 0.6) is 0 Å². The Kier molecular flexibility index (Phi) is 6.13. The summed E-state index contributed by atoms with van der Waals surface area (Å²) in [7, 11) is 0. The fourth-order valence-corrected chi connectivity index (χ4v) is 3.36. The second kappa shape index (κ2) is 8.53. The minimum Gasteiger partial charge on any atom is -0.463 e. The van der Waals surface area contributed by atoms with E-state index in [1.54, 1.807) is 25.1 Å². The first-order valence-electron chi connectivity index (χ1n) is 8.62. The molecule has 2 amide bonds. The highest BCUT2D eigenvalue weighted by atomic mass is 35.5. The van der Waals surface area contributed by atoms with Crippen molar-refractivity contribution >= 4 is 23.6 Å². The molecular formula is C18H22ClN3O4. The number of nitrogens with one attached hydrogen (secondary N) is 2. The number of rotatable bonds is 5. The zero-order chi connectivity index (χ0) is 18.5. The number of esters is 1. The minimum absolute atomic E-state index is 0.246. The van der Waals surface area contributed by atoms with E-state index in [2.05, 4.69) is 15.5 Å². The molecule has 2 heterocycles. The maximum absolute atomic E-state index is 12.7. The van der Waals surface area contributed by atoms with Gasteiger partial charge in [-0.15, -0.1) is 0 Å². The van der Waals surface area contributed by atoms with Crippen LogP contribution < -0.4 is 10.6 Å². The molecule has 2 aliphatic heterocycles. The maximum Gasteiger partial charge on any atom is 0.338 e. The second-order valence-electron chi connectivity index (χ2n) is 6.05. The molecule has 0 saturated carbocycles. The van der Waals surface area contributed by atoms with E-state index in [0.717, 1.165) is 13.1 Å². The Morgan fingerprint density at radius 3 is 2.77 bits per heavy atom. The molecule has 1 aromatic rings. The Balaban J connectivity index is 2.00. The summed E-state index contributed by atoms with van der Waals surface area (Å²) in [4.78, 5) is 27.1. The first-order valence-corrected chi connectivity index (χ1v) is 9.00. The summed E-state index contributed by atoms with van der Waals surface area (Å²) >= 11 is 6.32. The predicted octanol–water partition coefficient (Wildman–Crippen LogP) is 1.84. The number of hydrogen-bond acceptors (Lipinski definition) is 5. The third-order valence-electron chi connectivity index (χ3n) is 4.35. The number of benzene rings is 1. The van der Waals surface area contributed by atoms with Gasteiger partial charge in [-0.25, -0.2) is 9.59 Å². The molecule has 0 radical (unpaired) electrons. The topological polar surface area (TPSA) is 79.9 Å². The summed E-state index contributed by atoms with van der Waals surface area (Å²) < 4.78 is 10.6. The van der Waals surface area contributed by atoms with Gasteiger partial charge in [-0.2, -0.15) is 0 Å². The van der Waals surface area contributed by atoms with Gasteiger partial charge in [-0.3, -0.25) is 4.90 Å². The van der Waals surface area contributed by atoms with Crippen LogP contribution in [-0.2, 0) is 14.3 Å². The molecule has 3 rings (SSSR count). The largest absolute Gasteiger partial charge is 0.463 e. The van der Waals surface area contributed by atoms with Crippen molar-refractivity contribution in [3.8, 4) is 0 Å². The first-order chi connectivity index (χ1) is 12.6. The molecule has 1 aromatic carbocycles. The van der Waals surface area contributed by atoms with Gasteiger partial charge in [0.1, 0.15) is 0 Å². The van der Waals surface area contributed by atoms with Gasteiger partial charge in [0, 0.05) is 30.4 Å². The highest BCUT2D eigenvalue weighted by Crippen LogP contribution is 2.32. The third-order valence-corrected chi connectivity index (χ3v) is 4.69. The minimum atomic E-state index is -0.660. The summed E-state index contributed by atoms with van der Waals surface area (Å²) in [5.74, 6) is -0.465. The van der Waals surface area contributed by atoms with Crippen molar-refractivity contribution in [3.05, 3.63) is 46.1 Å². The lowest BCUT2D eigenvalue weighted by Gasteiger charge is -2.33. The molecule has 1 saturated heterocycles. The number of amides is 2. The highest BCUT2D eigenvalue weighted by Gasteiger charge is 2.35. The van der Waals surface area contributed by atoms with Gasteiger partial charge in [0.25, 0.3) is 0 Å². The van der Waals surface area contributed by atoms with Crippen molar-refractivity contribution in [1.82, 2.24) is 15.5 Å². The lowest BCUT2D eigenvalue weighted by atomic mass is 9.95. The SMILES string of the molecule is CCOC(=O)C1=C(CN2CCOCC2)NC(=O)N[C@H]1c1ccccc1Cl. The van der Waals surface area contributed by atoms with Crippen LogP contribution in [0.15, 0.2) is 35.5 Å². The number of halogens is 1. The van der Waals surface area contributed by atoms with Crippen LogP contribution >= 0.6 is 11.6 Å². The molecule has 0 aromatic heterocycles. The van der Waals surface area contributed by atoms with Crippen molar-refractivity contribution in [2.45, 2.75) is 13.0 Å². The number of hydrogen-bond donors (Lipinski definition) is 2. The monoisotopic (exact) mass is 379 g/mol. The molecule has 26 heavy (non-hydrogen) atoms. The van der Waals surface area contributed by atoms with Crippen molar-refractivity contribution in [2.24, 2.45) is 0 Å². The van der Waals surface area contributed by atoms with Crippen LogP contribution in [0.1, 0.15) is 18.5 Å². The van der Waals surface area contributed by atoms with Crippen LogP contribution in [0.4, 0.5) is 4.79 Å². The van der Waals surface area contributed by atoms with Gasteiger partial charge in [0.15, 0.2) is 0 Å². The molecule has 140 valence electrons. The van der Waals surface area contributed by atoms with E-state index >= 15 is 0 Å². The molecule has 0 bridgehead atoms. The Labute approximate surface area is 157 Å². The Hall–Kier alpha value is -2.09. The van der Waals surface area contributed by atoms with E-state index in [4.69, 9.17) is 21.1 Å². The molecular weight excluding hydrogens is 358 g/mol. The zero-order valence-corrected chi connectivity index (χ0v) is 15.3. The number of nitrogens with zero attached hydrogens (tertiary/aromatic N) is 1. The lowest BCUT2D eigenvalue weighted by Crippen LogP contribution is -2.49. The van der Waals surface area contributed by atoms with Crippen molar-refractivity contribution in [3.63, 3.8) is 0 Å². The summed E-state index contributed by atoms with van der Waals surface area (Å²) in [5.41, 5.74) is 1.58. The summed E-state index contributed by atoms with van der Waals surface area (Å²) in [6.45, 7) is 5.16. The normalized spacial score (nSPS) is 21.2. The fourth-order valence-electron chi connectivity index (χ4n) is 3.12. The van der Waals surface area contributed by atoms with Crippen LogP contribution in [0.25, 0.3) is 0 Å². The second-order valence-corrected chi connectivity index (χ2v) is 6.46. The molecule has 2 aliphatic rings. The number of morpholine rings is 1. The van der Waals surface area contributed by atoms with Gasteiger partial charge >= 0.3 is 12.0 Å². The molecule has 1 fully saturated rings. The Bertz CT molecular complexity index is 716. The van der Waals surface area contributed by atoms with E-state index in [-0.39, 0.29) is 12.6 Å². The van der Waals surface area contributed by atoms with E-state index in [0.29, 0.717) is 41.6 Å². The molecule has 8 heteroatoms. The van der Waals surface area contributed by atoms with Crippen LogP contribution in [0.3, 0.4) is 0 Å². The maximum atomic E-state index is 12.7. The molecule has 1 atom stereocenters. The van der Waals surface area contributed by atoms with Crippen molar-refractivity contribution in [1.29, 1.82) is 0 Å². The van der Waals surface area contributed by atoms with E-state index in [9.17, 15) is 9.59 Å². The number of ether oxygens (including phenoxy) is 2. The standard InChI is InChI=1S/C18H22ClN3O4/c1-2-26-17(23)15-14(11-22-7-9-25-10-8-22)20-18(24)21-16(15)12-5-3-4-6-13(12)19/h3-6,16H,2,7-11H2,1H3,(H2,20,21,24)/t16-/m0/s1. The fraction of sp³-hybridized carbons (Fsp3) is 0.444. The molecule has 7 nitrogen and oxygen atoms in total. The lowest BCUT2D eigenvalue weighted by molar-refractivity contribution is -0.139. The summed E-state index contributed by atoms with van der Waals surface area (Å²) in [6.07, 6.45) is 0. The van der Waals surface area contributed by atoms with Gasteiger partial charge in [-0.05, 0) is 18.6 Å². The van der Waals surface area contributed by atoms with Crippen LogP contribution in [0, 0.1) is 0 Å². The van der Waals surface area contributed by atoms with Gasteiger partial charge in [0.2, 0.25) is 0 Å². The van der Waals surface area contributed by atoms with E-state index < -0.39 is 12.0 Å². The molecule has 0 spiro atoms. The summed E-state index contributed by atoms with van der Waals surface area (Å²) in [6, 6.07) is 6.12. The number of carbonyl (C=O) groups excluding carboxylic acids is 2. The molecule has 0 aliphatic carbocycles. The first kappa shape index (κ1) is 18.7. The average molecular weight is 380 g/mol.